The van der Waals surface area contributed by atoms with Gasteiger partial charge in [0.1, 0.15) is 6.04 Å². The second-order valence-corrected chi connectivity index (χ2v) is 6.61. The molecule has 2 heterocycles. The Balaban J connectivity index is 1.98. The number of aromatic nitrogens is 1. The number of hydrogen-bond donors (Lipinski definition) is 2. The van der Waals surface area contributed by atoms with Crippen molar-refractivity contribution in [2.75, 3.05) is 20.3 Å². The van der Waals surface area contributed by atoms with Gasteiger partial charge in [-0.25, -0.2) is 0 Å². The highest BCUT2D eigenvalue weighted by Gasteiger charge is 2.23. The van der Waals surface area contributed by atoms with Crippen LogP contribution < -0.4 is 5.73 Å². The average Bonchev–Trinajstić information content (AvgIpc) is 3.05. The third-order valence-electron chi connectivity index (χ3n) is 5.09. The molecule has 3 N–H and O–H groups in total. The number of hydrogen-bond acceptors (Lipinski definition) is 4. The highest BCUT2D eigenvalue weighted by Crippen LogP contribution is 2.32. The first-order valence-electron chi connectivity index (χ1n) is 8.21. The van der Waals surface area contributed by atoms with E-state index in [4.69, 9.17) is 15.6 Å². The number of fused-ring (bicyclic) bond motifs is 2. The van der Waals surface area contributed by atoms with Gasteiger partial charge in [-0.15, -0.1) is 0 Å². The Bertz CT molecular complexity index is 782. The molecule has 0 saturated carbocycles. The summed E-state index contributed by atoms with van der Waals surface area (Å²) in [6.07, 6.45) is 0.352. The quantitative estimate of drug-likeness (QED) is 0.836. The van der Waals surface area contributed by atoms with E-state index in [9.17, 15) is 4.79 Å². The van der Waals surface area contributed by atoms with E-state index in [-0.39, 0.29) is 0 Å². The van der Waals surface area contributed by atoms with Crippen LogP contribution in [0.15, 0.2) is 12.1 Å². The van der Waals surface area contributed by atoms with Crippen LogP contribution >= 0.6 is 0 Å². The fourth-order valence-electron chi connectivity index (χ4n) is 3.55. The van der Waals surface area contributed by atoms with Gasteiger partial charge in [-0.05, 0) is 35.7 Å². The summed E-state index contributed by atoms with van der Waals surface area (Å²) in [5, 5.41) is 10.3. The average molecular weight is 331 g/mol. The van der Waals surface area contributed by atoms with Gasteiger partial charge in [-0.3, -0.25) is 9.69 Å². The maximum Gasteiger partial charge on any atom is 0.320 e. The molecule has 130 valence electrons. The number of nitrogens with two attached hydrogens (primary N) is 1. The molecule has 1 aromatic heterocycles. The van der Waals surface area contributed by atoms with E-state index < -0.39 is 12.0 Å². The molecule has 2 aromatic rings. The van der Waals surface area contributed by atoms with Crippen molar-refractivity contribution >= 4 is 16.9 Å². The lowest BCUT2D eigenvalue weighted by Gasteiger charge is -2.13. The van der Waals surface area contributed by atoms with E-state index in [2.05, 4.69) is 21.6 Å². The largest absolute Gasteiger partial charge is 0.480 e. The molecule has 3 rings (SSSR count). The summed E-state index contributed by atoms with van der Waals surface area (Å²) in [4.78, 5) is 13.5. The number of ether oxygens (including phenoxy) is 1. The molecule has 1 atom stereocenters. The fourth-order valence-corrected chi connectivity index (χ4v) is 3.55. The number of nitrogens with zero attached hydrogens (tertiary/aromatic N) is 2. The smallest absolute Gasteiger partial charge is 0.320 e. The van der Waals surface area contributed by atoms with Crippen LogP contribution in [0.1, 0.15) is 22.4 Å². The van der Waals surface area contributed by atoms with Crippen molar-refractivity contribution in [2.45, 2.75) is 32.5 Å². The molecule has 0 fully saturated rings. The van der Waals surface area contributed by atoms with Gasteiger partial charge < -0.3 is 20.1 Å². The Labute approximate surface area is 141 Å². The highest BCUT2D eigenvalue weighted by atomic mass is 16.5. The molecular weight excluding hydrogens is 306 g/mol. The minimum Gasteiger partial charge on any atom is -0.480 e. The molecular formula is C18H25N3O3. The van der Waals surface area contributed by atoms with Gasteiger partial charge in [0, 0.05) is 56.8 Å². The summed E-state index contributed by atoms with van der Waals surface area (Å²) in [7, 11) is 3.75. The summed E-state index contributed by atoms with van der Waals surface area (Å²) < 4.78 is 7.31. The second-order valence-electron chi connectivity index (χ2n) is 6.61. The number of carbonyl (C=O) groups is 1. The molecule has 1 unspecified atom stereocenters. The van der Waals surface area contributed by atoms with Crippen LogP contribution in [0.4, 0.5) is 0 Å². The summed E-state index contributed by atoms with van der Waals surface area (Å²) >= 11 is 0. The zero-order valence-corrected chi connectivity index (χ0v) is 14.5. The van der Waals surface area contributed by atoms with Crippen molar-refractivity contribution in [1.82, 2.24) is 9.47 Å². The summed E-state index contributed by atoms with van der Waals surface area (Å²) in [6, 6.07) is 3.58. The number of aryl methyl sites for hydroxylation is 1. The lowest BCUT2D eigenvalue weighted by atomic mass is 10.00. The normalized spacial score (nSPS) is 15.8. The molecule has 24 heavy (non-hydrogen) atoms. The Morgan fingerprint density at radius 3 is 2.67 bits per heavy atom. The van der Waals surface area contributed by atoms with Gasteiger partial charge in [0.15, 0.2) is 0 Å². The van der Waals surface area contributed by atoms with Gasteiger partial charge in [-0.1, -0.05) is 0 Å². The van der Waals surface area contributed by atoms with Crippen LogP contribution in [0.2, 0.25) is 0 Å². The number of rotatable bonds is 6. The first kappa shape index (κ1) is 17.0. The Morgan fingerprint density at radius 2 is 2.04 bits per heavy atom. The lowest BCUT2D eigenvalue weighted by Crippen LogP contribution is -2.32. The van der Waals surface area contributed by atoms with Crippen LogP contribution in [0, 0.1) is 6.92 Å². The molecule has 6 heteroatoms. The Morgan fingerprint density at radius 1 is 1.38 bits per heavy atom. The molecule has 0 aliphatic carbocycles. The first-order chi connectivity index (χ1) is 11.4. The van der Waals surface area contributed by atoms with Gasteiger partial charge >= 0.3 is 5.97 Å². The maximum atomic E-state index is 11.1. The van der Waals surface area contributed by atoms with Gasteiger partial charge in [0.25, 0.3) is 0 Å². The molecule has 0 spiro atoms. The Hall–Kier alpha value is -1.89. The molecule has 1 aliphatic rings. The number of methoxy groups -OCH3 is 1. The van der Waals surface area contributed by atoms with Gasteiger partial charge in [0.2, 0.25) is 0 Å². The van der Waals surface area contributed by atoms with Crippen molar-refractivity contribution in [3.8, 4) is 0 Å². The van der Waals surface area contributed by atoms with Crippen LogP contribution in [0.5, 0.6) is 0 Å². The minimum atomic E-state index is -0.960. The van der Waals surface area contributed by atoms with Crippen LogP contribution in [-0.2, 0) is 36.1 Å². The standard InChI is InChI=1S/C18H25N3O3/c1-11-14(8-16(19)18(22)23)15-6-12-9-21(4-5-24-3)10-13(12)7-17(15)20(11)2/h6-7,16H,4-5,8-10,19H2,1-3H3,(H,22,23). The van der Waals surface area contributed by atoms with Gasteiger partial charge in [-0.2, -0.15) is 0 Å². The zero-order chi connectivity index (χ0) is 17.4. The predicted octanol–water partition coefficient (Wildman–Crippen LogP) is 1.40. The first-order valence-corrected chi connectivity index (χ1v) is 8.21. The van der Waals surface area contributed by atoms with E-state index >= 15 is 0 Å². The topological polar surface area (TPSA) is 80.7 Å². The Kier molecular flexibility index (Phi) is 4.62. The fraction of sp³-hybridized carbons (Fsp3) is 0.500. The van der Waals surface area contributed by atoms with Crippen molar-refractivity contribution in [3.63, 3.8) is 0 Å². The van der Waals surface area contributed by atoms with E-state index in [0.717, 1.165) is 48.4 Å². The molecule has 0 radical (unpaired) electrons. The van der Waals surface area contributed by atoms with Gasteiger partial charge in [0.05, 0.1) is 6.61 Å². The van der Waals surface area contributed by atoms with Crippen molar-refractivity contribution in [1.29, 1.82) is 0 Å². The third kappa shape index (κ3) is 2.92. The van der Waals surface area contributed by atoms with E-state index in [1.165, 1.54) is 11.1 Å². The third-order valence-corrected chi connectivity index (χ3v) is 5.09. The molecule has 0 saturated heterocycles. The molecule has 1 aromatic carbocycles. The van der Waals surface area contributed by atoms with E-state index in [1.54, 1.807) is 7.11 Å². The zero-order valence-electron chi connectivity index (χ0n) is 14.5. The van der Waals surface area contributed by atoms with Crippen LogP contribution in [0.25, 0.3) is 10.9 Å². The van der Waals surface area contributed by atoms with Crippen LogP contribution in [-0.4, -0.2) is 46.8 Å². The number of carboxylic acid groups (broad SMARTS) is 1. The molecule has 1 aliphatic heterocycles. The second kappa shape index (κ2) is 6.55. The summed E-state index contributed by atoms with van der Waals surface area (Å²) in [5.41, 5.74) is 11.7. The summed E-state index contributed by atoms with van der Waals surface area (Å²) in [6.45, 7) is 5.51. The van der Waals surface area contributed by atoms with Crippen LogP contribution in [0.3, 0.4) is 0 Å². The van der Waals surface area contributed by atoms with E-state index in [1.807, 2.05) is 14.0 Å². The summed E-state index contributed by atoms with van der Waals surface area (Å²) in [5.74, 6) is -0.960. The molecule has 0 amide bonds. The van der Waals surface area contributed by atoms with Crippen molar-refractivity contribution < 1.29 is 14.6 Å². The maximum absolute atomic E-state index is 11.1. The monoisotopic (exact) mass is 331 g/mol. The lowest BCUT2D eigenvalue weighted by molar-refractivity contribution is -0.138. The SMILES string of the molecule is COCCN1Cc2cc3c(CC(N)C(=O)O)c(C)n(C)c3cc2C1. The number of benzene rings is 1. The molecule has 0 bridgehead atoms. The predicted molar refractivity (Wildman–Crippen MR) is 93.0 cm³/mol. The van der Waals surface area contributed by atoms with Crippen molar-refractivity contribution in [3.05, 3.63) is 34.5 Å². The highest BCUT2D eigenvalue weighted by molar-refractivity contribution is 5.88. The minimum absolute atomic E-state index is 0.352. The number of carboxylic acids is 1. The number of aliphatic carboxylic acids is 1. The molecule has 6 nitrogen and oxygen atoms in total. The van der Waals surface area contributed by atoms with E-state index in [0.29, 0.717) is 6.42 Å². The van der Waals surface area contributed by atoms with Crippen molar-refractivity contribution in [2.24, 2.45) is 12.8 Å².